The summed E-state index contributed by atoms with van der Waals surface area (Å²) in [6.07, 6.45) is 3.48. The molecule has 0 aromatic carbocycles. The second kappa shape index (κ2) is 4.16. The maximum atomic E-state index is 10.9. The van der Waals surface area contributed by atoms with Crippen LogP contribution in [0.15, 0.2) is 12.2 Å². The lowest BCUT2D eigenvalue weighted by molar-refractivity contribution is -0.214. The smallest absolute Gasteiger partial charge is 0.331 e. The topological polar surface area (TPSA) is 44.8 Å². The zero-order valence-corrected chi connectivity index (χ0v) is 9.73. The van der Waals surface area contributed by atoms with Crippen molar-refractivity contribution in [2.45, 2.75) is 18.3 Å². The van der Waals surface area contributed by atoms with E-state index in [0.717, 1.165) is 10.8 Å². The highest BCUT2D eigenvalue weighted by Crippen LogP contribution is 2.32. The average Bonchev–Trinajstić information content (AvgIpc) is 2.75. The summed E-state index contributed by atoms with van der Waals surface area (Å²) in [5.41, 5.74) is 0. The lowest BCUT2D eigenvalue weighted by Crippen LogP contribution is -2.43. The number of cyclic esters (lactones) is 1. The van der Waals surface area contributed by atoms with Crippen LogP contribution < -0.4 is 0 Å². The van der Waals surface area contributed by atoms with Crippen molar-refractivity contribution in [3.63, 3.8) is 0 Å². The molecule has 2 rings (SSSR count). The number of ether oxygens (including phenoxy) is 3. The molecule has 1 unspecified atom stereocenters. The second-order valence-corrected chi connectivity index (χ2v) is 4.24. The average molecular weight is 310 g/mol. The maximum absolute atomic E-state index is 10.9. The quantitative estimate of drug-likeness (QED) is 0.444. The van der Waals surface area contributed by atoms with E-state index in [9.17, 15) is 4.79 Å². The van der Waals surface area contributed by atoms with Crippen molar-refractivity contribution in [2.75, 3.05) is 17.6 Å². The molecule has 0 N–H and O–H groups in total. The Bertz CT molecular complexity index is 258. The van der Waals surface area contributed by atoms with Crippen molar-refractivity contribution in [2.24, 2.45) is 0 Å². The number of rotatable bonds is 3. The first-order valence-corrected chi connectivity index (χ1v) is 6.02. The van der Waals surface area contributed by atoms with Crippen LogP contribution in [0.25, 0.3) is 0 Å². The van der Waals surface area contributed by atoms with Crippen LogP contribution in [0, 0.1) is 0 Å². The summed E-state index contributed by atoms with van der Waals surface area (Å²) < 4.78 is 17.1. The van der Waals surface area contributed by atoms with Crippen LogP contribution in [-0.4, -0.2) is 35.5 Å². The van der Waals surface area contributed by atoms with Gasteiger partial charge in [-0.25, -0.2) is 4.79 Å². The molecule has 0 radical (unpaired) electrons. The molecule has 2 aliphatic rings. The van der Waals surface area contributed by atoms with E-state index >= 15 is 0 Å². The van der Waals surface area contributed by atoms with E-state index in [1.165, 1.54) is 6.08 Å². The van der Waals surface area contributed by atoms with E-state index in [-0.39, 0.29) is 12.1 Å². The van der Waals surface area contributed by atoms with Gasteiger partial charge in [0.2, 0.25) is 5.79 Å². The van der Waals surface area contributed by atoms with Crippen molar-refractivity contribution in [3.8, 4) is 0 Å². The number of hydrogen-bond acceptors (Lipinski definition) is 4. The highest BCUT2D eigenvalue weighted by atomic mass is 127. The normalized spacial score (nSPS) is 29.5. The molecular weight excluding hydrogens is 299 g/mol. The van der Waals surface area contributed by atoms with Gasteiger partial charge in [0.1, 0.15) is 0 Å². The van der Waals surface area contributed by atoms with Crippen LogP contribution in [-0.2, 0) is 19.0 Å². The molecule has 1 fully saturated rings. The number of hydrogen-bond donors (Lipinski definition) is 0. The summed E-state index contributed by atoms with van der Waals surface area (Å²) in [6.45, 7) is 1.14. The van der Waals surface area contributed by atoms with Gasteiger partial charge in [0, 0.05) is 16.9 Å². The number of carbonyl (C=O) groups excluding carboxylic acids is 1. The van der Waals surface area contributed by atoms with Crippen LogP contribution in [0.4, 0.5) is 0 Å². The molecule has 14 heavy (non-hydrogen) atoms. The fourth-order valence-corrected chi connectivity index (χ4v) is 2.41. The zero-order chi connectivity index (χ0) is 10.0. The number of carbonyl (C=O) groups is 1. The Hall–Kier alpha value is -0.140. The lowest BCUT2D eigenvalue weighted by Gasteiger charge is -2.30. The van der Waals surface area contributed by atoms with Crippen LogP contribution in [0.2, 0.25) is 0 Å². The molecule has 78 valence electrons. The van der Waals surface area contributed by atoms with Crippen molar-refractivity contribution >= 4 is 28.6 Å². The van der Waals surface area contributed by atoms with Gasteiger partial charge in [-0.05, 0) is 6.08 Å². The number of halogens is 1. The predicted molar refractivity (Wildman–Crippen MR) is 57.2 cm³/mol. The van der Waals surface area contributed by atoms with E-state index in [0.29, 0.717) is 13.2 Å². The fourth-order valence-electron chi connectivity index (χ4n) is 1.66. The molecule has 0 amide bonds. The van der Waals surface area contributed by atoms with Crippen molar-refractivity contribution in [1.82, 2.24) is 0 Å². The first kappa shape index (κ1) is 10.4. The lowest BCUT2D eigenvalue weighted by atomic mass is 10.1. The standard InChI is InChI=1S/C9H11IO4/c10-4-3-9(12-5-6-13-9)7-1-2-8(11)14-7/h1-2,7H,3-6H2. The third kappa shape index (κ3) is 1.80. The second-order valence-electron chi connectivity index (χ2n) is 3.16. The van der Waals surface area contributed by atoms with Gasteiger partial charge in [-0.1, -0.05) is 22.6 Å². The van der Waals surface area contributed by atoms with E-state index in [1.54, 1.807) is 6.08 Å². The molecule has 0 aliphatic carbocycles. The summed E-state index contributed by atoms with van der Waals surface area (Å²) in [5.74, 6) is -1.05. The van der Waals surface area contributed by atoms with Gasteiger partial charge in [-0.3, -0.25) is 0 Å². The molecule has 4 nitrogen and oxygen atoms in total. The highest BCUT2D eigenvalue weighted by molar-refractivity contribution is 14.1. The van der Waals surface area contributed by atoms with Gasteiger partial charge in [0.15, 0.2) is 6.10 Å². The Labute approximate surface area is 95.7 Å². The van der Waals surface area contributed by atoms with Crippen molar-refractivity contribution < 1.29 is 19.0 Å². The SMILES string of the molecule is O=C1C=CC(C2(CCI)OCCO2)O1. The molecular formula is C9H11IO4. The Balaban J connectivity index is 2.10. The van der Waals surface area contributed by atoms with Gasteiger partial charge >= 0.3 is 5.97 Å². The molecule has 0 aromatic rings. The van der Waals surface area contributed by atoms with Crippen LogP contribution in [0.1, 0.15) is 6.42 Å². The van der Waals surface area contributed by atoms with E-state index in [1.807, 2.05) is 0 Å². The van der Waals surface area contributed by atoms with Gasteiger partial charge in [0.25, 0.3) is 0 Å². The number of esters is 1. The molecule has 0 bridgehead atoms. The highest BCUT2D eigenvalue weighted by Gasteiger charge is 2.46. The molecule has 5 heteroatoms. The van der Waals surface area contributed by atoms with Crippen LogP contribution in [0.3, 0.4) is 0 Å². The zero-order valence-electron chi connectivity index (χ0n) is 7.57. The third-order valence-corrected chi connectivity index (χ3v) is 2.84. The monoisotopic (exact) mass is 310 g/mol. The van der Waals surface area contributed by atoms with Gasteiger partial charge < -0.3 is 14.2 Å². The Kier molecular flexibility index (Phi) is 3.08. The summed E-state index contributed by atoms with van der Waals surface area (Å²) >= 11 is 2.25. The minimum absolute atomic E-state index is 0.318. The Morgan fingerprint density at radius 1 is 1.50 bits per heavy atom. The summed E-state index contributed by atoms with van der Waals surface area (Å²) in [6, 6.07) is 0. The van der Waals surface area contributed by atoms with Crippen molar-refractivity contribution in [3.05, 3.63) is 12.2 Å². The van der Waals surface area contributed by atoms with Gasteiger partial charge in [0.05, 0.1) is 13.2 Å². The predicted octanol–water partition coefficient (Wildman–Crippen LogP) is 1.04. The van der Waals surface area contributed by atoms with Crippen molar-refractivity contribution in [1.29, 1.82) is 0 Å². The maximum Gasteiger partial charge on any atom is 0.331 e. The fraction of sp³-hybridized carbons (Fsp3) is 0.667. The Morgan fingerprint density at radius 3 is 2.71 bits per heavy atom. The summed E-state index contributed by atoms with van der Waals surface area (Å²) in [5, 5.41) is 0. The number of alkyl halides is 1. The van der Waals surface area contributed by atoms with E-state index in [4.69, 9.17) is 14.2 Å². The third-order valence-electron chi connectivity index (χ3n) is 2.30. The first-order valence-electron chi connectivity index (χ1n) is 4.49. The molecule has 1 atom stereocenters. The molecule has 0 spiro atoms. The Morgan fingerprint density at radius 2 is 2.21 bits per heavy atom. The first-order chi connectivity index (χ1) is 6.77. The molecule has 0 saturated carbocycles. The van der Waals surface area contributed by atoms with Crippen LogP contribution in [0.5, 0.6) is 0 Å². The minimum Gasteiger partial charge on any atom is -0.449 e. The largest absolute Gasteiger partial charge is 0.449 e. The summed E-state index contributed by atoms with van der Waals surface area (Å²) in [4.78, 5) is 10.9. The molecule has 2 aliphatic heterocycles. The van der Waals surface area contributed by atoms with Crippen LogP contribution >= 0.6 is 22.6 Å². The molecule has 2 heterocycles. The van der Waals surface area contributed by atoms with E-state index in [2.05, 4.69) is 22.6 Å². The van der Waals surface area contributed by atoms with Gasteiger partial charge in [-0.2, -0.15) is 0 Å². The molecule has 0 aromatic heterocycles. The van der Waals surface area contributed by atoms with E-state index < -0.39 is 5.79 Å². The summed E-state index contributed by atoms with van der Waals surface area (Å²) in [7, 11) is 0. The van der Waals surface area contributed by atoms with Gasteiger partial charge in [-0.15, -0.1) is 0 Å². The molecule has 1 saturated heterocycles. The minimum atomic E-state index is -0.732.